The van der Waals surface area contributed by atoms with Crippen molar-refractivity contribution in [2.45, 2.75) is 50.6 Å². The Morgan fingerprint density at radius 3 is 2.79 bits per heavy atom. The minimum Gasteiger partial charge on any atom is -0.324 e. The summed E-state index contributed by atoms with van der Waals surface area (Å²) in [6.07, 6.45) is 12.2. The van der Waals surface area contributed by atoms with Crippen LogP contribution in [0.15, 0.2) is 47.1 Å². The smallest absolute Gasteiger partial charge is 0.229 e. The first-order valence-electron chi connectivity index (χ1n) is 13.2. The van der Waals surface area contributed by atoms with Crippen molar-refractivity contribution in [3.63, 3.8) is 0 Å². The number of aromatic nitrogens is 4. The molecule has 1 atom stereocenters. The second-order valence-electron chi connectivity index (χ2n) is 11.0. The monoisotopic (exact) mass is 531 g/mol. The van der Waals surface area contributed by atoms with Crippen molar-refractivity contribution >= 4 is 38.2 Å². The number of anilines is 2. The summed E-state index contributed by atoms with van der Waals surface area (Å²) in [6, 6.07) is 10.4. The number of hydrogen-bond acceptors (Lipinski definition) is 7. The highest BCUT2D eigenvalue weighted by molar-refractivity contribution is 7.92. The van der Waals surface area contributed by atoms with E-state index < -0.39 is 15.5 Å². The Morgan fingerprint density at radius 1 is 1.13 bits per heavy atom. The molecule has 0 amide bonds. The van der Waals surface area contributed by atoms with Crippen LogP contribution < -0.4 is 5.32 Å². The summed E-state index contributed by atoms with van der Waals surface area (Å²) in [5.41, 5.74) is 5.77. The lowest BCUT2D eigenvalue weighted by Gasteiger charge is -2.39. The molecule has 3 aliphatic rings. The van der Waals surface area contributed by atoms with Gasteiger partial charge in [-0.15, -0.1) is 0 Å². The fourth-order valence-electron chi connectivity index (χ4n) is 6.02. The van der Waals surface area contributed by atoms with E-state index in [9.17, 15) is 8.60 Å². The zero-order valence-corrected chi connectivity index (χ0v) is 22.3. The largest absolute Gasteiger partial charge is 0.324 e. The van der Waals surface area contributed by atoms with E-state index in [0.717, 1.165) is 24.7 Å². The van der Waals surface area contributed by atoms with E-state index in [4.69, 9.17) is 0 Å². The minimum atomic E-state index is -2.38. The maximum atomic E-state index is 14.8. The first-order chi connectivity index (χ1) is 18.3. The topological polar surface area (TPSA) is 88.3 Å². The first kappa shape index (κ1) is 23.7. The van der Waals surface area contributed by atoms with Crippen LogP contribution in [-0.4, -0.2) is 53.7 Å². The van der Waals surface area contributed by atoms with Gasteiger partial charge in [0.2, 0.25) is 5.95 Å². The van der Waals surface area contributed by atoms with Crippen molar-refractivity contribution in [3.8, 4) is 5.82 Å². The Labute approximate surface area is 221 Å². The van der Waals surface area contributed by atoms with Crippen LogP contribution in [0.1, 0.15) is 48.3 Å². The summed E-state index contributed by atoms with van der Waals surface area (Å²) in [7, 11) is -2.38. The normalized spacial score (nSPS) is 19.4. The molecule has 4 heterocycles. The maximum absolute atomic E-state index is 14.8. The van der Waals surface area contributed by atoms with Crippen LogP contribution in [0.5, 0.6) is 0 Å². The van der Waals surface area contributed by atoms with Crippen molar-refractivity contribution < 1.29 is 8.60 Å². The summed E-state index contributed by atoms with van der Waals surface area (Å²) in [4.78, 5) is 16.2. The van der Waals surface area contributed by atoms with Gasteiger partial charge in [-0.05, 0) is 79.0 Å². The number of rotatable bonds is 5. The zero-order valence-electron chi connectivity index (χ0n) is 21.5. The third-order valence-corrected chi connectivity index (χ3v) is 8.31. The van der Waals surface area contributed by atoms with Gasteiger partial charge in [0, 0.05) is 59.5 Å². The molecule has 1 aliphatic heterocycles. The maximum Gasteiger partial charge on any atom is 0.229 e. The van der Waals surface area contributed by atoms with Gasteiger partial charge in [-0.1, -0.05) is 6.07 Å². The Bertz CT molecular complexity index is 1700. The molecule has 1 unspecified atom stereocenters. The van der Waals surface area contributed by atoms with Crippen molar-refractivity contribution in [1.82, 2.24) is 24.4 Å². The molecule has 196 valence electrons. The molecule has 1 saturated carbocycles. The van der Waals surface area contributed by atoms with Crippen LogP contribution in [0, 0.1) is 5.82 Å². The predicted octanol–water partition coefficient (Wildman–Crippen LogP) is 5.46. The van der Waals surface area contributed by atoms with Crippen LogP contribution in [-0.2, 0) is 22.7 Å². The minimum absolute atomic E-state index is 0.304. The lowest BCUT2D eigenvalue weighted by atomic mass is 9.77. The molecule has 0 bridgehead atoms. The summed E-state index contributed by atoms with van der Waals surface area (Å²) < 4.78 is 32.7. The zero-order chi connectivity index (χ0) is 26.0. The fraction of sp³-hybridized carbons (Fsp3) is 0.393. The number of pyridine rings is 1. The predicted molar refractivity (Wildman–Crippen MR) is 148 cm³/mol. The average molecular weight is 532 g/mol. The van der Waals surface area contributed by atoms with Crippen LogP contribution in [0.4, 0.5) is 21.8 Å². The number of aryl methyl sites for hydroxylation is 1. The number of hydrogen-bond donors (Lipinski definition) is 1. The molecular weight excluding hydrogens is 501 g/mol. The number of benzene rings is 1. The van der Waals surface area contributed by atoms with Crippen molar-refractivity contribution in [3.05, 3.63) is 65.2 Å². The van der Waals surface area contributed by atoms with Gasteiger partial charge in [-0.3, -0.25) is 9.47 Å². The van der Waals surface area contributed by atoms with Gasteiger partial charge in [-0.2, -0.15) is 9.35 Å². The van der Waals surface area contributed by atoms with Crippen LogP contribution in [0.2, 0.25) is 0 Å². The van der Waals surface area contributed by atoms with E-state index in [1.165, 1.54) is 55.7 Å². The molecule has 0 spiro atoms. The molecule has 2 aliphatic carbocycles. The molecule has 8 nitrogen and oxygen atoms in total. The molecule has 38 heavy (non-hydrogen) atoms. The van der Waals surface area contributed by atoms with Gasteiger partial charge in [0.1, 0.15) is 5.82 Å². The van der Waals surface area contributed by atoms with Crippen molar-refractivity contribution in [1.29, 1.82) is 0 Å². The number of nitrogens with zero attached hydrogens (tertiary/aromatic N) is 6. The molecular formula is C28H30FN7OS. The quantitative estimate of drug-likeness (QED) is 0.368. The van der Waals surface area contributed by atoms with E-state index in [-0.39, 0.29) is 0 Å². The Hall–Kier alpha value is -3.37. The average Bonchev–Trinajstić information content (AvgIpc) is 3.67. The number of halogens is 1. The van der Waals surface area contributed by atoms with E-state index in [1.54, 1.807) is 40.8 Å². The van der Waals surface area contributed by atoms with Crippen molar-refractivity contribution in [2.75, 3.05) is 24.4 Å². The lowest BCUT2D eigenvalue weighted by Crippen LogP contribution is -2.37. The van der Waals surface area contributed by atoms with Crippen molar-refractivity contribution in [2.24, 2.45) is 4.36 Å². The molecule has 7 rings (SSSR count). The Morgan fingerprint density at radius 2 is 1.97 bits per heavy atom. The molecule has 1 aromatic carbocycles. The van der Waals surface area contributed by atoms with E-state index in [2.05, 4.69) is 41.7 Å². The highest BCUT2D eigenvalue weighted by Gasteiger charge is 2.37. The highest BCUT2D eigenvalue weighted by atomic mass is 32.2. The van der Waals surface area contributed by atoms with Gasteiger partial charge in [0.05, 0.1) is 5.39 Å². The van der Waals surface area contributed by atoms with E-state index in [1.807, 2.05) is 0 Å². The van der Waals surface area contributed by atoms with E-state index in [0.29, 0.717) is 34.5 Å². The third kappa shape index (κ3) is 4.45. The molecule has 3 aromatic heterocycles. The van der Waals surface area contributed by atoms with Crippen LogP contribution in [0.25, 0.3) is 16.9 Å². The van der Waals surface area contributed by atoms with Crippen LogP contribution in [0.3, 0.4) is 0 Å². The van der Waals surface area contributed by atoms with Gasteiger partial charge >= 0.3 is 0 Å². The van der Waals surface area contributed by atoms with Gasteiger partial charge in [0.15, 0.2) is 17.3 Å². The second kappa shape index (κ2) is 8.84. The second-order valence-corrected chi connectivity index (χ2v) is 13.5. The summed E-state index contributed by atoms with van der Waals surface area (Å²) in [5, 5.41) is 3.70. The molecule has 1 fully saturated rings. The fourth-order valence-corrected chi connectivity index (χ4v) is 6.57. The molecule has 4 aromatic rings. The first-order valence-corrected chi connectivity index (χ1v) is 15.5. The molecule has 0 radical (unpaired) electrons. The van der Waals surface area contributed by atoms with Crippen LogP contribution >= 0.6 is 0 Å². The SMILES string of the molecule is CS(C)(=O)=Nc1cccc(-n2cc(F)c3cnc(Nc4cc5c6c(c4)CN(C4CC4)CC6CCC5)nc32)n1. The standard InChI is InChI=1S/C28H30FN7OS/c1-38(2,37)34-24-7-4-8-25(32-24)36-16-23(29)22-13-30-28(33-27(22)36)31-20-11-17-5-3-6-18-14-35(21-9-10-21)15-19(12-20)26(17)18/h4,7-8,11-13,16,18,21H,3,5-6,9-10,14-15H2,1-2H3,(H,30,31,33). The van der Waals surface area contributed by atoms with E-state index >= 15 is 0 Å². The lowest BCUT2D eigenvalue weighted by molar-refractivity contribution is 0.210. The summed E-state index contributed by atoms with van der Waals surface area (Å²) >= 11 is 0. The van der Waals surface area contributed by atoms with Gasteiger partial charge in [-0.25, -0.2) is 18.6 Å². The number of fused-ring (bicyclic) bond motifs is 1. The third-order valence-electron chi connectivity index (χ3n) is 7.68. The molecule has 0 saturated heterocycles. The molecule has 1 N–H and O–H groups in total. The summed E-state index contributed by atoms with van der Waals surface area (Å²) in [5.74, 6) is 1.37. The van der Waals surface area contributed by atoms with Gasteiger partial charge < -0.3 is 5.32 Å². The molecule has 10 heteroatoms. The summed E-state index contributed by atoms with van der Waals surface area (Å²) in [6.45, 7) is 2.19. The Balaban J connectivity index is 1.25. The Kier molecular flexibility index (Phi) is 5.52. The highest BCUT2D eigenvalue weighted by Crippen LogP contribution is 2.43. The van der Waals surface area contributed by atoms with Gasteiger partial charge in [0.25, 0.3) is 0 Å². The number of nitrogens with one attached hydrogen (secondary N) is 1.